The second-order valence-corrected chi connectivity index (χ2v) is 8.29. The van der Waals surface area contributed by atoms with Gasteiger partial charge in [0.1, 0.15) is 11.2 Å². The summed E-state index contributed by atoms with van der Waals surface area (Å²) in [6, 6.07) is 5.04. The summed E-state index contributed by atoms with van der Waals surface area (Å²) in [5.41, 5.74) is 2.41. The lowest BCUT2D eigenvalue weighted by Crippen LogP contribution is -2.49. The molecule has 1 atom stereocenters. The van der Waals surface area contributed by atoms with Gasteiger partial charge in [0.05, 0.1) is 16.2 Å². The maximum atomic E-state index is 13.1. The van der Waals surface area contributed by atoms with Crippen molar-refractivity contribution in [3.63, 3.8) is 0 Å². The van der Waals surface area contributed by atoms with Gasteiger partial charge in [0, 0.05) is 17.6 Å². The van der Waals surface area contributed by atoms with Crippen LogP contribution >= 0.6 is 35.2 Å². The summed E-state index contributed by atoms with van der Waals surface area (Å²) in [6.45, 7) is 2.72. The molecule has 0 aliphatic carbocycles. The molecule has 0 bridgehead atoms. The Hall–Kier alpha value is -2.03. The Balaban J connectivity index is 1.60. The number of rotatable bonds is 3. The van der Waals surface area contributed by atoms with Gasteiger partial charge < -0.3 is 10.2 Å². The Morgan fingerprint density at radius 3 is 2.89 bits per heavy atom. The largest absolute Gasteiger partial charge is 0.334 e. The van der Waals surface area contributed by atoms with Crippen LogP contribution in [0.4, 0.5) is 11.4 Å². The molecule has 2 saturated heterocycles. The van der Waals surface area contributed by atoms with Gasteiger partial charge in [-0.25, -0.2) is 4.98 Å². The predicted octanol–water partition coefficient (Wildman–Crippen LogP) is 3.92. The number of hydrogen-bond acceptors (Lipinski definition) is 5. The van der Waals surface area contributed by atoms with Crippen molar-refractivity contribution >= 4 is 63.5 Å². The summed E-state index contributed by atoms with van der Waals surface area (Å²) in [6.07, 6.45) is 2.80. The number of carbonyl (C=O) groups excluding carboxylic acids is 2. The fourth-order valence-corrected chi connectivity index (χ4v) is 4.87. The fraction of sp³-hybridized carbons (Fsp3) is 0.333. The molecule has 1 N–H and O–H groups in total. The monoisotopic (exact) mass is 420 g/mol. The van der Waals surface area contributed by atoms with Crippen LogP contribution < -0.4 is 10.2 Å². The Kier molecular flexibility index (Phi) is 4.65. The summed E-state index contributed by atoms with van der Waals surface area (Å²) >= 11 is 13.4. The molecule has 0 radical (unpaired) electrons. The number of carbonyl (C=O) groups is 2. The van der Waals surface area contributed by atoms with E-state index in [0.29, 0.717) is 27.2 Å². The molecule has 2 aliphatic heterocycles. The summed E-state index contributed by atoms with van der Waals surface area (Å²) in [7, 11) is 0. The number of benzene rings is 1. The third kappa shape index (κ3) is 3.01. The minimum absolute atomic E-state index is 0.0478. The van der Waals surface area contributed by atoms with Gasteiger partial charge in [0.2, 0.25) is 0 Å². The van der Waals surface area contributed by atoms with E-state index < -0.39 is 5.54 Å². The molecule has 4 rings (SSSR count). The van der Waals surface area contributed by atoms with Crippen molar-refractivity contribution in [2.75, 3.05) is 16.8 Å². The maximum absolute atomic E-state index is 13.1. The van der Waals surface area contributed by atoms with E-state index in [0.717, 1.165) is 25.8 Å². The van der Waals surface area contributed by atoms with Gasteiger partial charge in [-0.15, -0.1) is 11.3 Å². The molecule has 0 saturated carbocycles. The third-order valence-electron chi connectivity index (χ3n) is 5.09. The van der Waals surface area contributed by atoms with E-state index >= 15 is 0 Å². The molecule has 6 nitrogen and oxygen atoms in total. The van der Waals surface area contributed by atoms with Crippen molar-refractivity contribution in [2.24, 2.45) is 0 Å². The van der Waals surface area contributed by atoms with Crippen molar-refractivity contribution in [3.8, 4) is 0 Å². The number of nitrogens with one attached hydrogen (secondary N) is 1. The van der Waals surface area contributed by atoms with Crippen LogP contribution in [0.5, 0.6) is 0 Å². The smallest absolute Gasteiger partial charge is 0.275 e. The second kappa shape index (κ2) is 6.85. The van der Waals surface area contributed by atoms with E-state index in [1.807, 2.05) is 11.8 Å². The van der Waals surface area contributed by atoms with Crippen molar-refractivity contribution in [1.29, 1.82) is 0 Å². The van der Waals surface area contributed by atoms with Crippen LogP contribution in [-0.4, -0.2) is 38.9 Å². The van der Waals surface area contributed by atoms with Crippen LogP contribution in [-0.2, 0) is 4.79 Å². The third-order valence-corrected chi connectivity index (χ3v) is 6.38. The first-order chi connectivity index (χ1) is 12.9. The van der Waals surface area contributed by atoms with Gasteiger partial charge in [0.15, 0.2) is 5.11 Å². The normalized spacial score (nSPS) is 22.1. The second-order valence-electron chi connectivity index (χ2n) is 6.80. The predicted molar refractivity (Wildman–Crippen MR) is 111 cm³/mol. The average Bonchev–Trinajstić information content (AvgIpc) is 3.24. The highest BCUT2D eigenvalue weighted by molar-refractivity contribution is 7.80. The average molecular weight is 421 g/mol. The number of thiocarbonyl (C=S) groups is 1. The van der Waals surface area contributed by atoms with Crippen LogP contribution in [0, 0.1) is 0 Å². The topological polar surface area (TPSA) is 65.5 Å². The molecule has 2 fully saturated rings. The van der Waals surface area contributed by atoms with Crippen LogP contribution in [0.2, 0.25) is 5.02 Å². The molecule has 3 heterocycles. The highest BCUT2D eigenvalue weighted by atomic mass is 35.5. The molecule has 1 aromatic carbocycles. The zero-order chi connectivity index (χ0) is 19.2. The first-order valence-electron chi connectivity index (χ1n) is 8.57. The highest BCUT2D eigenvalue weighted by Gasteiger charge is 2.53. The number of anilines is 2. The number of fused-ring (bicyclic) bond motifs is 1. The van der Waals surface area contributed by atoms with E-state index in [2.05, 4.69) is 10.3 Å². The first-order valence-corrected chi connectivity index (χ1v) is 10.3. The van der Waals surface area contributed by atoms with Gasteiger partial charge >= 0.3 is 0 Å². The molecule has 9 heteroatoms. The standard InChI is InChI=1S/C18H17ClN4O2S2/c1-18-6-2-3-7-22(18)17(26)23(16(18)25)14-5-4-11(8-12(14)19)21-15(24)13-9-27-10-20-13/h4-5,8-10H,2-3,6-7H2,1H3,(H,21,24). The van der Waals surface area contributed by atoms with Crippen LogP contribution in [0.3, 0.4) is 0 Å². The molecule has 1 unspecified atom stereocenters. The van der Waals surface area contributed by atoms with Crippen molar-refractivity contribution in [1.82, 2.24) is 9.88 Å². The summed E-state index contributed by atoms with van der Waals surface area (Å²) in [5.74, 6) is -0.356. The number of amides is 2. The molecule has 140 valence electrons. The summed E-state index contributed by atoms with van der Waals surface area (Å²) in [4.78, 5) is 32.8. The zero-order valence-corrected chi connectivity index (χ0v) is 17.0. The first kappa shape index (κ1) is 18.3. The summed E-state index contributed by atoms with van der Waals surface area (Å²) < 4.78 is 0. The van der Waals surface area contributed by atoms with Crippen LogP contribution in [0.25, 0.3) is 0 Å². The lowest BCUT2D eigenvalue weighted by atomic mass is 9.89. The van der Waals surface area contributed by atoms with Gasteiger partial charge in [0.25, 0.3) is 11.8 Å². The number of hydrogen-bond donors (Lipinski definition) is 1. The van der Waals surface area contributed by atoms with E-state index in [-0.39, 0.29) is 11.8 Å². The molecule has 0 spiro atoms. The van der Waals surface area contributed by atoms with Gasteiger partial charge in [-0.2, -0.15) is 0 Å². The Morgan fingerprint density at radius 1 is 1.41 bits per heavy atom. The minimum atomic E-state index is -0.601. The zero-order valence-electron chi connectivity index (χ0n) is 14.6. The number of piperidine rings is 1. The lowest BCUT2D eigenvalue weighted by Gasteiger charge is -2.36. The van der Waals surface area contributed by atoms with Crippen molar-refractivity contribution < 1.29 is 9.59 Å². The van der Waals surface area contributed by atoms with Crippen LogP contribution in [0.15, 0.2) is 29.1 Å². The number of halogens is 1. The molecular formula is C18H17ClN4O2S2. The maximum Gasteiger partial charge on any atom is 0.275 e. The number of thiazole rings is 1. The minimum Gasteiger partial charge on any atom is -0.334 e. The number of nitrogens with zero attached hydrogens (tertiary/aromatic N) is 3. The van der Waals surface area contributed by atoms with Crippen molar-refractivity contribution in [3.05, 3.63) is 39.8 Å². The van der Waals surface area contributed by atoms with Crippen molar-refractivity contribution in [2.45, 2.75) is 31.7 Å². The van der Waals surface area contributed by atoms with E-state index in [1.165, 1.54) is 16.2 Å². The summed E-state index contributed by atoms with van der Waals surface area (Å²) in [5, 5.41) is 5.27. The SMILES string of the molecule is CC12CCCCN1C(=S)N(c1ccc(NC(=O)c3cscn3)cc1Cl)C2=O. The van der Waals surface area contributed by atoms with Gasteiger partial charge in [-0.05, 0) is 56.6 Å². The molecule has 2 aliphatic rings. The van der Waals surface area contributed by atoms with Crippen LogP contribution in [0.1, 0.15) is 36.7 Å². The molecular weight excluding hydrogens is 404 g/mol. The van der Waals surface area contributed by atoms with Gasteiger partial charge in [-0.1, -0.05) is 11.6 Å². The Bertz CT molecular complexity index is 933. The molecule has 2 amide bonds. The fourth-order valence-electron chi connectivity index (χ4n) is 3.60. The highest BCUT2D eigenvalue weighted by Crippen LogP contribution is 2.41. The lowest BCUT2D eigenvalue weighted by molar-refractivity contribution is -0.125. The number of aromatic nitrogens is 1. The van der Waals surface area contributed by atoms with E-state index in [9.17, 15) is 9.59 Å². The molecule has 2 aromatic rings. The van der Waals surface area contributed by atoms with Gasteiger partial charge in [-0.3, -0.25) is 14.5 Å². The Labute approximate surface area is 171 Å². The molecule has 1 aromatic heterocycles. The quantitative estimate of drug-likeness (QED) is 0.762. The van der Waals surface area contributed by atoms with E-state index in [1.54, 1.807) is 29.1 Å². The Morgan fingerprint density at radius 2 is 2.22 bits per heavy atom. The molecule has 27 heavy (non-hydrogen) atoms. The van der Waals surface area contributed by atoms with E-state index in [4.69, 9.17) is 23.8 Å².